The van der Waals surface area contributed by atoms with E-state index in [1.54, 1.807) is 35.2 Å². The maximum atomic E-state index is 12.6. The average Bonchev–Trinajstić information content (AvgIpc) is 2.63. The van der Waals surface area contributed by atoms with Gasteiger partial charge in [-0.15, -0.1) is 0 Å². The lowest BCUT2D eigenvalue weighted by atomic mass is 10.0. The maximum absolute atomic E-state index is 12.6. The molecule has 1 aliphatic rings. The summed E-state index contributed by atoms with van der Waals surface area (Å²) < 4.78 is 27.5. The molecule has 1 saturated heterocycles. The summed E-state index contributed by atoms with van der Waals surface area (Å²) in [6.45, 7) is 3.03. The highest BCUT2D eigenvalue weighted by molar-refractivity contribution is 7.89. The third kappa shape index (κ3) is 4.08. The highest BCUT2D eigenvalue weighted by Gasteiger charge is 2.27. The first-order valence-corrected chi connectivity index (χ1v) is 9.88. The van der Waals surface area contributed by atoms with Crippen LogP contribution >= 0.6 is 0 Å². The van der Waals surface area contributed by atoms with Crippen LogP contribution in [0.15, 0.2) is 59.5 Å². The van der Waals surface area contributed by atoms with Gasteiger partial charge in [0.15, 0.2) is 0 Å². The van der Waals surface area contributed by atoms with Gasteiger partial charge in [0, 0.05) is 24.7 Å². The summed E-state index contributed by atoms with van der Waals surface area (Å²) in [5.41, 5.74) is 1.67. The van der Waals surface area contributed by atoms with Gasteiger partial charge in [-0.05, 0) is 43.5 Å². The van der Waals surface area contributed by atoms with Crippen molar-refractivity contribution in [2.45, 2.75) is 30.7 Å². The van der Waals surface area contributed by atoms with E-state index in [-0.39, 0.29) is 16.8 Å². The van der Waals surface area contributed by atoms with Gasteiger partial charge in [0.05, 0.1) is 4.90 Å². The number of piperidine rings is 1. The normalized spacial score (nSPS) is 16.0. The van der Waals surface area contributed by atoms with Crippen LogP contribution in [-0.4, -0.2) is 38.4 Å². The Balaban J connectivity index is 1.61. The van der Waals surface area contributed by atoms with E-state index >= 15 is 0 Å². The third-order valence-electron chi connectivity index (χ3n) is 4.53. The second kappa shape index (κ2) is 7.37. The molecule has 0 aliphatic carbocycles. The lowest BCUT2D eigenvalue weighted by Crippen LogP contribution is -2.46. The van der Waals surface area contributed by atoms with Gasteiger partial charge in [0.1, 0.15) is 0 Å². The zero-order chi connectivity index (χ0) is 17.9. The minimum atomic E-state index is -3.51. The molecule has 1 aliphatic heterocycles. The number of nitrogens with one attached hydrogen (secondary N) is 1. The summed E-state index contributed by atoms with van der Waals surface area (Å²) in [4.78, 5) is 14.7. The van der Waals surface area contributed by atoms with E-state index in [0.717, 1.165) is 5.56 Å². The molecule has 0 unspecified atom stereocenters. The molecule has 1 amide bonds. The molecular formula is C19H22N2O3S. The Morgan fingerprint density at radius 2 is 1.60 bits per heavy atom. The van der Waals surface area contributed by atoms with Crippen molar-refractivity contribution >= 4 is 15.9 Å². The van der Waals surface area contributed by atoms with Gasteiger partial charge in [0.25, 0.3) is 5.91 Å². The third-order valence-corrected chi connectivity index (χ3v) is 6.07. The van der Waals surface area contributed by atoms with E-state index in [4.69, 9.17) is 0 Å². The number of carbonyl (C=O) groups excluding carboxylic acids is 1. The SMILES string of the molecule is Cc1ccccc1C(=O)N1CCC(NS(=O)(=O)c2ccccc2)CC1. The van der Waals surface area contributed by atoms with Gasteiger partial charge in [-0.2, -0.15) is 0 Å². The Hall–Kier alpha value is -2.18. The predicted octanol–water partition coefficient (Wildman–Crippen LogP) is 2.58. The lowest BCUT2D eigenvalue weighted by molar-refractivity contribution is 0.0710. The Morgan fingerprint density at radius 1 is 1.00 bits per heavy atom. The Kier molecular flexibility index (Phi) is 5.20. The van der Waals surface area contributed by atoms with Crippen molar-refractivity contribution < 1.29 is 13.2 Å². The number of likely N-dealkylation sites (tertiary alicyclic amines) is 1. The monoisotopic (exact) mass is 358 g/mol. The molecule has 0 spiro atoms. The smallest absolute Gasteiger partial charge is 0.254 e. The highest BCUT2D eigenvalue weighted by atomic mass is 32.2. The number of rotatable bonds is 4. The predicted molar refractivity (Wildman–Crippen MR) is 96.9 cm³/mol. The first-order chi connectivity index (χ1) is 12.0. The van der Waals surface area contributed by atoms with Crippen LogP contribution in [0.2, 0.25) is 0 Å². The molecule has 2 aromatic carbocycles. The molecule has 0 bridgehead atoms. The zero-order valence-corrected chi connectivity index (χ0v) is 15.0. The average molecular weight is 358 g/mol. The van der Waals surface area contributed by atoms with Crippen molar-refractivity contribution in [2.24, 2.45) is 0 Å². The Bertz CT molecular complexity index is 842. The minimum Gasteiger partial charge on any atom is -0.339 e. The topological polar surface area (TPSA) is 66.5 Å². The van der Waals surface area contributed by atoms with Gasteiger partial charge in [-0.25, -0.2) is 13.1 Å². The largest absolute Gasteiger partial charge is 0.339 e. The van der Waals surface area contributed by atoms with Gasteiger partial charge in [-0.3, -0.25) is 4.79 Å². The lowest BCUT2D eigenvalue weighted by Gasteiger charge is -2.32. The molecule has 1 heterocycles. The van der Waals surface area contributed by atoms with Crippen molar-refractivity contribution in [3.05, 3.63) is 65.7 Å². The number of aryl methyl sites for hydroxylation is 1. The standard InChI is InChI=1S/C19H22N2O3S/c1-15-7-5-6-10-18(15)19(22)21-13-11-16(12-14-21)20-25(23,24)17-8-3-2-4-9-17/h2-10,16,20H,11-14H2,1H3. The number of benzene rings is 2. The van der Waals surface area contributed by atoms with E-state index in [2.05, 4.69) is 4.72 Å². The van der Waals surface area contributed by atoms with E-state index in [1.165, 1.54) is 0 Å². The summed E-state index contributed by atoms with van der Waals surface area (Å²) in [6.07, 6.45) is 1.23. The van der Waals surface area contributed by atoms with Crippen molar-refractivity contribution in [1.82, 2.24) is 9.62 Å². The van der Waals surface area contributed by atoms with Crippen molar-refractivity contribution in [1.29, 1.82) is 0 Å². The van der Waals surface area contributed by atoms with Crippen LogP contribution in [0.3, 0.4) is 0 Å². The number of hydrogen-bond acceptors (Lipinski definition) is 3. The molecule has 0 radical (unpaired) electrons. The summed E-state index contributed by atoms with van der Waals surface area (Å²) in [5.74, 6) is 0.0162. The van der Waals surface area contributed by atoms with Crippen LogP contribution in [0.25, 0.3) is 0 Å². The minimum absolute atomic E-state index is 0.0162. The highest BCUT2D eigenvalue weighted by Crippen LogP contribution is 2.18. The summed E-state index contributed by atoms with van der Waals surface area (Å²) in [7, 11) is -3.51. The van der Waals surface area contributed by atoms with Gasteiger partial charge in [-0.1, -0.05) is 36.4 Å². The van der Waals surface area contributed by atoms with E-state index in [1.807, 2.05) is 31.2 Å². The quantitative estimate of drug-likeness (QED) is 0.913. The molecule has 5 nitrogen and oxygen atoms in total. The Morgan fingerprint density at radius 3 is 2.24 bits per heavy atom. The van der Waals surface area contributed by atoms with Crippen LogP contribution in [0.5, 0.6) is 0 Å². The second-order valence-electron chi connectivity index (χ2n) is 6.32. The summed E-state index contributed by atoms with van der Waals surface area (Å²) >= 11 is 0. The summed E-state index contributed by atoms with van der Waals surface area (Å²) in [6, 6.07) is 15.8. The van der Waals surface area contributed by atoms with E-state index in [0.29, 0.717) is 31.5 Å². The molecule has 3 rings (SSSR count). The molecule has 0 atom stereocenters. The van der Waals surface area contributed by atoms with Gasteiger partial charge in [0.2, 0.25) is 10.0 Å². The van der Waals surface area contributed by atoms with Crippen LogP contribution in [-0.2, 0) is 10.0 Å². The van der Waals surface area contributed by atoms with Crippen molar-refractivity contribution in [3.63, 3.8) is 0 Å². The Labute approximate surface area is 148 Å². The zero-order valence-electron chi connectivity index (χ0n) is 14.2. The molecule has 25 heavy (non-hydrogen) atoms. The first kappa shape index (κ1) is 17.6. The fourth-order valence-electron chi connectivity index (χ4n) is 3.07. The van der Waals surface area contributed by atoms with E-state index < -0.39 is 10.0 Å². The molecule has 6 heteroatoms. The molecular weight excluding hydrogens is 336 g/mol. The number of carbonyl (C=O) groups is 1. The fraction of sp³-hybridized carbons (Fsp3) is 0.316. The van der Waals surface area contributed by atoms with Crippen LogP contribution in [0, 0.1) is 6.92 Å². The van der Waals surface area contributed by atoms with Crippen molar-refractivity contribution in [2.75, 3.05) is 13.1 Å². The van der Waals surface area contributed by atoms with Gasteiger partial charge < -0.3 is 4.90 Å². The molecule has 0 saturated carbocycles. The van der Waals surface area contributed by atoms with Crippen LogP contribution in [0.1, 0.15) is 28.8 Å². The molecule has 132 valence electrons. The number of hydrogen-bond donors (Lipinski definition) is 1. The van der Waals surface area contributed by atoms with Gasteiger partial charge >= 0.3 is 0 Å². The number of sulfonamides is 1. The first-order valence-electron chi connectivity index (χ1n) is 8.39. The molecule has 1 fully saturated rings. The second-order valence-corrected chi connectivity index (χ2v) is 8.03. The van der Waals surface area contributed by atoms with Crippen molar-refractivity contribution in [3.8, 4) is 0 Å². The van der Waals surface area contributed by atoms with E-state index in [9.17, 15) is 13.2 Å². The fourth-order valence-corrected chi connectivity index (χ4v) is 4.40. The van der Waals surface area contributed by atoms with Crippen LogP contribution < -0.4 is 4.72 Å². The molecule has 2 aromatic rings. The number of amides is 1. The number of nitrogens with zero attached hydrogens (tertiary/aromatic N) is 1. The molecule has 1 N–H and O–H groups in total. The van der Waals surface area contributed by atoms with Crippen LogP contribution in [0.4, 0.5) is 0 Å². The molecule has 0 aromatic heterocycles. The maximum Gasteiger partial charge on any atom is 0.254 e. The summed E-state index contributed by atoms with van der Waals surface area (Å²) in [5, 5.41) is 0.